The first-order valence-corrected chi connectivity index (χ1v) is 8.68. The van der Waals surface area contributed by atoms with E-state index in [1.54, 1.807) is 12.1 Å². The third kappa shape index (κ3) is 2.82. The maximum atomic E-state index is 12.5. The van der Waals surface area contributed by atoms with Crippen molar-refractivity contribution in [2.45, 2.75) is 36.6 Å². The van der Waals surface area contributed by atoms with Crippen LogP contribution in [0.1, 0.15) is 36.0 Å². The van der Waals surface area contributed by atoms with Crippen molar-refractivity contribution < 1.29 is 17.9 Å². The summed E-state index contributed by atoms with van der Waals surface area (Å²) in [6.45, 7) is 0. The number of methoxy groups -OCH3 is 1. The molecule has 0 unspecified atom stereocenters. The van der Waals surface area contributed by atoms with Gasteiger partial charge in [-0.25, -0.2) is 17.9 Å². The van der Waals surface area contributed by atoms with Crippen molar-refractivity contribution in [2.24, 2.45) is 11.8 Å². The van der Waals surface area contributed by atoms with Crippen LogP contribution in [0.15, 0.2) is 29.2 Å². The molecule has 1 aromatic carbocycles. The molecule has 2 aliphatic carbocycles. The summed E-state index contributed by atoms with van der Waals surface area (Å²) < 4.78 is 32.4. The molecule has 1 N–H and O–H groups in total. The standard InChI is InChI=1S/C15H19NO4S/c1-20-15(17)12-3-2-4-13(9-12)21(18,19)16-14-8-10-5-6-11(14)7-10/h2-4,9-11,14,16H,5-8H2,1H3/t10-,11+,14+/m0/s1. The van der Waals surface area contributed by atoms with Crippen LogP contribution in [0.2, 0.25) is 0 Å². The second-order valence-corrected chi connectivity index (χ2v) is 7.64. The van der Waals surface area contributed by atoms with Gasteiger partial charge in [0.1, 0.15) is 0 Å². The van der Waals surface area contributed by atoms with Gasteiger partial charge in [0.2, 0.25) is 10.0 Å². The highest BCUT2D eigenvalue weighted by molar-refractivity contribution is 7.89. The maximum absolute atomic E-state index is 12.5. The Bertz CT molecular complexity index is 655. The number of carbonyl (C=O) groups excluding carboxylic acids is 1. The first-order valence-electron chi connectivity index (χ1n) is 7.20. The van der Waals surface area contributed by atoms with Crippen molar-refractivity contribution in [3.05, 3.63) is 29.8 Å². The summed E-state index contributed by atoms with van der Waals surface area (Å²) in [6.07, 6.45) is 4.40. The molecule has 2 aliphatic rings. The maximum Gasteiger partial charge on any atom is 0.337 e. The molecule has 0 aliphatic heterocycles. The zero-order chi connectivity index (χ0) is 15.0. The van der Waals surface area contributed by atoms with Gasteiger partial charge in [-0.05, 0) is 49.3 Å². The molecule has 21 heavy (non-hydrogen) atoms. The summed E-state index contributed by atoms with van der Waals surface area (Å²) in [4.78, 5) is 11.6. The van der Waals surface area contributed by atoms with E-state index < -0.39 is 16.0 Å². The molecule has 0 heterocycles. The van der Waals surface area contributed by atoms with Crippen LogP contribution in [0.4, 0.5) is 0 Å². The molecule has 0 saturated heterocycles. The lowest BCUT2D eigenvalue weighted by Gasteiger charge is -2.22. The molecule has 0 radical (unpaired) electrons. The van der Waals surface area contributed by atoms with E-state index in [1.165, 1.54) is 25.7 Å². The minimum Gasteiger partial charge on any atom is -0.465 e. The number of esters is 1. The van der Waals surface area contributed by atoms with E-state index in [9.17, 15) is 13.2 Å². The Morgan fingerprint density at radius 3 is 2.71 bits per heavy atom. The van der Waals surface area contributed by atoms with Crippen LogP contribution in [0.5, 0.6) is 0 Å². The van der Waals surface area contributed by atoms with E-state index in [4.69, 9.17) is 0 Å². The number of rotatable bonds is 4. The van der Waals surface area contributed by atoms with Gasteiger partial charge in [0.15, 0.2) is 0 Å². The average molecular weight is 309 g/mol. The minimum atomic E-state index is -3.59. The predicted molar refractivity (Wildman–Crippen MR) is 77.3 cm³/mol. The topological polar surface area (TPSA) is 72.5 Å². The number of sulfonamides is 1. The van der Waals surface area contributed by atoms with Crippen molar-refractivity contribution in [3.63, 3.8) is 0 Å². The van der Waals surface area contributed by atoms with Crippen LogP contribution >= 0.6 is 0 Å². The number of nitrogens with one attached hydrogen (secondary N) is 1. The van der Waals surface area contributed by atoms with Gasteiger partial charge in [-0.15, -0.1) is 0 Å². The second-order valence-electron chi connectivity index (χ2n) is 5.92. The van der Waals surface area contributed by atoms with Crippen LogP contribution in [0.3, 0.4) is 0 Å². The van der Waals surface area contributed by atoms with Crippen LogP contribution in [-0.4, -0.2) is 27.5 Å². The zero-order valence-electron chi connectivity index (χ0n) is 11.9. The minimum absolute atomic E-state index is 0.0375. The van der Waals surface area contributed by atoms with E-state index in [-0.39, 0.29) is 16.5 Å². The molecular weight excluding hydrogens is 290 g/mol. The van der Waals surface area contributed by atoms with Gasteiger partial charge in [-0.2, -0.15) is 0 Å². The summed E-state index contributed by atoms with van der Waals surface area (Å²) in [5.41, 5.74) is 0.244. The number of benzene rings is 1. The van der Waals surface area contributed by atoms with Crippen LogP contribution < -0.4 is 4.72 Å². The molecule has 3 rings (SSSR count). The normalized spacial score (nSPS) is 27.8. The number of hydrogen-bond donors (Lipinski definition) is 1. The Balaban J connectivity index is 1.80. The molecule has 5 nitrogen and oxygen atoms in total. The Hall–Kier alpha value is -1.40. The fraction of sp³-hybridized carbons (Fsp3) is 0.533. The van der Waals surface area contributed by atoms with Crippen molar-refractivity contribution in [2.75, 3.05) is 7.11 Å². The molecular formula is C15H19NO4S. The molecule has 0 aromatic heterocycles. The van der Waals surface area contributed by atoms with Gasteiger partial charge in [0, 0.05) is 6.04 Å². The second kappa shape index (κ2) is 5.42. The lowest BCUT2D eigenvalue weighted by Crippen LogP contribution is -2.38. The zero-order valence-corrected chi connectivity index (χ0v) is 12.7. The number of ether oxygens (including phenoxy) is 1. The number of carbonyl (C=O) groups is 1. The average Bonchev–Trinajstić information content (AvgIpc) is 3.08. The molecule has 2 bridgehead atoms. The summed E-state index contributed by atoms with van der Waals surface area (Å²) in [5, 5.41) is 0. The van der Waals surface area contributed by atoms with Crippen LogP contribution in [0, 0.1) is 11.8 Å². The molecule has 6 heteroatoms. The fourth-order valence-electron chi connectivity index (χ4n) is 3.56. The summed E-state index contributed by atoms with van der Waals surface area (Å²) in [7, 11) is -2.31. The highest BCUT2D eigenvalue weighted by Crippen LogP contribution is 2.44. The third-order valence-electron chi connectivity index (χ3n) is 4.61. The third-order valence-corrected chi connectivity index (χ3v) is 6.10. The van der Waals surface area contributed by atoms with E-state index in [0.717, 1.165) is 19.3 Å². The largest absolute Gasteiger partial charge is 0.465 e. The molecule has 1 aromatic rings. The Morgan fingerprint density at radius 1 is 1.29 bits per heavy atom. The van der Waals surface area contributed by atoms with E-state index in [2.05, 4.69) is 9.46 Å². The first-order chi connectivity index (χ1) is 9.99. The van der Waals surface area contributed by atoms with E-state index in [1.807, 2.05) is 0 Å². The lowest BCUT2D eigenvalue weighted by molar-refractivity contribution is 0.0600. The number of hydrogen-bond acceptors (Lipinski definition) is 4. The molecule has 2 saturated carbocycles. The van der Waals surface area contributed by atoms with Gasteiger partial charge in [-0.1, -0.05) is 12.5 Å². The molecule has 3 atom stereocenters. The van der Waals surface area contributed by atoms with Gasteiger partial charge >= 0.3 is 5.97 Å². The monoisotopic (exact) mass is 309 g/mol. The highest BCUT2D eigenvalue weighted by Gasteiger charge is 2.41. The number of fused-ring (bicyclic) bond motifs is 2. The quantitative estimate of drug-likeness (QED) is 0.863. The smallest absolute Gasteiger partial charge is 0.337 e. The molecule has 0 amide bonds. The predicted octanol–water partition coefficient (Wildman–Crippen LogP) is 1.94. The lowest BCUT2D eigenvalue weighted by atomic mass is 9.96. The Labute approximate surface area is 124 Å². The molecule has 0 spiro atoms. The molecule has 2 fully saturated rings. The van der Waals surface area contributed by atoms with Crippen LogP contribution in [-0.2, 0) is 14.8 Å². The van der Waals surface area contributed by atoms with E-state index in [0.29, 0.717) is 11.8 Å². The SMILES string of the molecule is COC(=O)c1cccc(S(=O)(=O)N[C@@H]2C[C@H]3CC[C@@H]2C3)c1. The fourth-order valence-corrected chi connectivity index (χ4v) is 4.93. The van der Waals surface area contributed by atoms with E-state index >= 15 is 0 Å². The van der Waals surface area contributed by atoms with Gasteiger partial charge in [0.25, 0.3) is 0 Å². The molecule has 114 valence electrons. The highest BCUT2D eigenvalue weighted by atomic mass is 32.2. The Kier molecular flexibility index (Phi) is 3.75. The van der Waals surface area contributed by atoms with Crippen molar-refractivity contribution in [1.29, 1.82) is 0 Å². The first kappa shape index (κ1) is 14.5. The van der Waals surface area contributed by atoms with Crippen molar-refractivity contribution >= 4 is 16.0 Å². The summed E-state index contributed by atoms with van der Waals surface area (Å²) >= 11 is 0. The summed E-state index contributed by atoms with van der Waals surface area (Å²) in [6, 6.07) is 6.00. The van der Waals surface area contributed by atoms with Gasteiger partial charge < -0.3 is 4.74 Å². The van der Waals surface area contributed by atoms with Crippen molar-refractivity contribution in [3.8, 4) is 0 Å². The summed E-state index contributed by atoms with van der Waals surface area (Å²) in [5.74, 6) is 0.602. The van der Waals surface area contributed by atoms with Crippen LogP contribution in [0.25, 0.3) is 0 Å². The Morgan fingerprint density at radius 2 is 2.10 bits per heavy atom. The van der Waals surface area contributed by atoms with Gasteiger partial charge in [0.05, 0.1) is 17.6 Å². The van der Waals surface area contributed by atoms with Gasteiger partial charge in [-0.3, -0.25) is 0 Å². The van der Waals surface area contributed by atoms with Crippen molar-refractivity contribution in [1.82, 2.24) is 4.72 Å².